The number of cyclic esters (lactones) is 2. The Labute approximate surface area is 284 Å². The minimum atomic E-state index is -1.19. The van der Waals surface area contributed by atoms with Crippen LogP contribution in [0.15, 0.2) is 65.2 Å². The zero-order valence-corrected chi connectivity index (χ0v) is 29.2. The second-order valence-electron chi connectivity index (χ2n) is 12.3. The number of hydrogen-bond acceptors (Lipinski definition) is 7. The molecule has 3 rings (SSSR count). The number of carbonyl (C=O) groups is 4. The molecule has 0 radical (unpaired) electrons. The first-order chi connectivity index (χ1) is 21.8. The van der Waals surface area contributed by atoms with Gasteiger partial charge in [0.15, 0.2) is 6.10 Å². The third kappa shape index (κ3) is 11.6. The van der Waals surface area contributed by atoms with E-state index in [1.807, 2.05) is 50.3 Å². The summed E-state index contributed by atoms with van der Waals surface area (Å²) in [6.07, 6.45) is 3.90. The van der Waals surface area contributed by atoms with E-state index in [-0.39, 0.29) is 31.7 Å². The lowest BCUT2D eigenvalue weighted by Gasteiger charge is -2.28. The maximum atomic E-state index is 13.4. The lowest BCUT2D eigenvalue weighted by Crippen LogP contribution is -2.51. The number of esters is 2. The third-order valence-electron chi connectivity index (χ3n) is 7.24. The molecule has 2 aromatic rings. The van der Waals surface area contributed by atoms with E-state index in [4.69, 9.17) is 25.8 Å². The van der Waals surface area contributed by atoms with E-state index in [9.17, 15) is 19.2 Å². The van der Waals surface area contributed by atoms with Crippen LogP contribution < -0.4 is 15.4 Å². The Morgan fingerprint density at radius 1 is 1.11 bits per heavy atom. The molecular weight excluding hydrogens is 676 g/mol. The van der Waals surface area contributed by atoms with Crippen LogP contribution in [0.1, 0.15) is 58.1 Å². The Hall–Kier alpha value is -3.63. The number of nitrogens with one attached hydrogen (secondary N) is 2. The van der Waals surface area contributed by atoms with Crippen LogP contribution in [0, 0.1) is 11.3 Å². The Morgan fingerprint density at radius 2 is 1.83 bits per heavy atom. The summed E-state index contributed by atoms with van der Waals surface area (Å²) in [6.45, 7) is 6.97. The molecule has 2 unspecified atom stereocenters. The molecule has 2 N–H and O–H groups in total. The Kier molecular flexibility index (Phi) is 13.9. The molecule has 0 aliphatic carbocycles. The van der Waals surface area contributed by atoms with Gasteiger partial charge in [-0.1, -0.05) is 83.9 Å². The quantitative estimate of drug-likeness (QED) is 0.314. The molecule has 1 aliphatic heterocycles. The fraction of sp³-hybridized carbons (Fsp3) is 0.429. The number of rotatable bonds is 8. The predicted molar refractivity (Wildman–Crippen MR) is 181 cm³/mol. The zero-order valence-electron chi connectivity index (χ0n) is 26.8. The topological polar surface area (TPSA) is 120 Å². The number of hydrogen-bond donors (Lipinski definition) is 2. The van der Waals surface area contributed by atoms with Crippen molar-refractivity contribution in [2.24, 2.45) is 11.3 Å². The molecule has 3 atom stereocenters. The van der Waals surface area contributed by atoms with Crippen molar-refractivity contribution < 1.29 is 33.4 Å². The highest BCUT2D eigenvalue weighted by Crippen LogP contribution is 2.27. The molecule has 2 amide bonds. The van der Waals surface area contributed by atoms with Crippen molar-refractivity contribution in [2.45, 2.75) is 71.6 Å². The van der Waals surface area contributed by atoms with Crippen LogP contribution in [0.25, 0.3) is 6.08 Å². The fourth-order valence-electron chi connectivity index (χ4n) is 4.66. The van der Waals surface area contributed by atoms with Crippen molar-refractivity contribution in [1.29, 1.82) is 0 Å². The number of carbonyl (C=O) groups excluding carboxylic acids is 4. The standard InChI is InChI=1S/C35H42BrClN2O7/c1-22(2)16-30-33(42)45-26(20-25(36)17-23-10-7-6-8-11-23)12-9-13-31(40)39-28(19-24-14-15-29(44-5)27(37)18-24)32(41)38-21-35(3,4)34(43)46-30/h6-11,13-15,17-18,22,26,28,30H,12,16,19-21H2,1-5H3,(H,38,41)(H,39,40)/b13-9+,25-17-/t26?,28?,30-/m0/s1. The molecule has 0 bridgehead atoms. The number of benzene rings is 2. The number of amides is 2. The van der Waals surface area contributed by atoms with E-state index < -0.39 is 47.4 Å². The normalized spacial score (nSPS) is 22.3. The van der Waals surface area contributed by atoms with Gasteiger partial charge >= 0.3 is 11.9 Å². The Bertz CT molecular complexity index is 1440. The minimum absolute atomic E-state index is 0.0257. The SMILES string of the molecule is COc1ccc(CC2NC(=O)/C=C/CC(C/C(Br)=C/c3ccccc3)OC(=O)[C@H](CC(C)C)OC(=O)C(C)(C)CNC2=O)cc1Cl. The van der Waals surface area contributed by atoms with Crippen molar-refractivity contribution in [2.75, 3.05) is 13.7 Å². The maximum Gasteiger partial charge on any atom is 0.347 e. The van der Waals surface area contributed by atoms with E-state index in [0.717, 1.165) is 10.0 Å². The van der Waals surface area contributed by atoms with Gasteiger partial charge < -0.3 is 24.8 Å². The van der Waals surface area contributed by atoms with E-state index in [2.05, 4.69) is 26.6 Å². The van der Waals surface area contributed by atoms with Gasteiger partial charge in [-0.3, -0.25) is 14.4 Å². The van der Waals surface area contributed by atoms with Gasteiger partial charge in [0, 0.05) is 25.8 Å². The van der Waals surface area contributed by atoms with Gasteiger partial charge in [0.1, 0.15) is 17.9 Å². The summed E-state index contributed by atoms with van der Waals surface area (Å²) in [7, 11) is 1.50. The Balaban J connectivity index is 1.92. The first kappa shape index (κ1) is 36.8. The van der Waals surface area contributed by atoms with E-state index in [0.29, 0.717) is 22.8 Å². The number of ether oxygens (including phenoxy) is 3. The summed E-state index contributed by atoms with van der Waals surface area (Å²) in [5.74, 6) is -1.82. The highest BCUT2D eigenvalue weighted by atomic mass is 79.9. The average molecular weight is 718 g/mol. The zero-order chi connectivity index (χ0) is 33.9. The van der Waals surface area contributed by atoms with E-state index in [1.165, 1.54) is 13.2 Å². The molecule has 0 saturated carbocycles. The second-order valence-corrected chi connectivity index (χ2v) is 13.7. The molecule has 1 aliphatic rings. The number of methoxy groups -OCH3 is 1. The summed E-state index contributed by atoms with van der Waals surface area (Å²) in [6, 6.07) is 13.8. The van der Waals surface area contributed by atoms with E-state index in [1.54, 1.807) is 38.1 Å². The van der Waals surface area contributed by atoms with Gasteiger partial charge in [0.25, 0.3) is 0 Å². The second kappa shape index (κ2) is 17.3. The molecule has 0 aromatic heterocycles. The van der Waals surface area contributed by atoms with Crippen LogP contribution in [-0.4, -0.2) is 55.7 Å². The molecule has 1 heterocycles. The van der Waals surface area contributed by atoms with Gasteiger partial charge in [0.05, 0.1) is 17.5 Å². The molecule has 248 valence electrons. The molecule has 0 fully saturated rings. The highest BCUT2D eigenvalue weighted by molar-refractivity contribution is 9.11. The fourth-order valence-corrected chi connectivity index (χ4v) is 5.57. The first-order valence-corrected chi connectivity index (χ1v) is 16.3. The van der Waals surface area contributed by atoms with Gasteiger partial charge in [-0.25, -0.2) is 4.79 Å². The van der Waals surface area contributed by atoms with Crippen LogP contribution in [-0.2, 0) is 35.1 Å². The molecule has 9 nitrogen and oxygen atoms in total. The summed E-state index contributed by atoms with van der Waals surface area (Å²) in [4.78, 5) is 53.2. The molecule has 0 spiro atoms. The van der Waals surface area contributed by atoms with Crippen LogP contribution in [0.2, 0.25) is 5.02 Å². The minimum Gasteiger partial charge on any atom is -0.495 e. The van der Waals surface area contributed by atoms with Crippen molar-refractivity contribution in [1.82, 2.24) is 10.6 Å². The van der Waals surface area contributed by atoms with Crippen molar-refractivity contribution >= 4 is 57.4 Å². The van der Waals surface area contributed by atoms with Gasteiger partial charge in [-0.05, 0) is 66.1 Å². The van der Waals surface area contributed by atoms with Gasteiger partial charge in [-0.2, -0.15) is 0 Å². The van der Waals surface area contributed by atoms with Crippen molar-refractivity contribution in [3.63, 3.8) is 0 Å². The monoisotopic (exact) mass is 716 g/mol. The molecule has 46 heavy (non-hydrogen) atoms. The lowest BCUT2D eigenvalue weighted by atomic mass is 9.93. The summed E-state index contributed by atoms with van der Waals surface area (Å²) >= 11 is 9.89. The molecule has 2 aromatic carbocycles. The summed E-state index contributed by atoms with van der Waals surface area (Å²) in [5.41, 5.74) is 0.461. The third-order valence-corrected chi connectivity index (χ3v) is 8.09. The molecular formula is C35H42BrClN2O7. The van der Waals surface area contributed by atoms with Crippen LogP contribution in [0.5, 0.6) is 5.75 Å². The van der Waals surface area contributed by atoms with Crippen molar-refractivity contribution in [3.8, 4) is 5.75 Å². The van der Waals surface area contributed by atoms with Crippen molar-refractivity contribution in [3.05, 3.63) is 81.3 Å². The van der Waals surface area contributed by atoms with E-state index >= 15 is 0 Å². The summed E-state index contributed by atoms with van der Waals surface area (Å²) < 4.78 is 17.6. The van der Waals surface area contributed by atoms with Gasteiger partial charge in [0.2, 0.25) is 11.8 Å². The maximum absolute atomic E-state index is 13.4. The van der Waals surface area contributed by atoms with Crippen LogP contribution in [0.3, 0.4) is 0 Å². The molecule has 11 heteroatoms. The van der Waals surface area contributed by atoms with Gasteiger partial charge in [-0.15, -0.1) is 0 Å². The number of halogens is 2. The lowest BCUT2D eigenvalue weighted by molar-refractivity contribution is -0.177. The predicted octanol–water partition coefficient (Wildman–Crippen LogP) is 6.17. The first-order valence-electron chi connectivity index (χ1n) is 15.2. The summed E-state index contributed by atoms with van der Waals surface area (Å²) in [5, 5.41) is 5.89. The van der Waals surface area contributed by atoms with Crippen LogP contribution in [0.4, 0.5) is 0 Å². The average Bonchev–Trinajstić information content (AvgIpc) is 2.99. The smallest absolute Gasteiger partial charge is 0.347 e. The largest absolute Gasteiger partial charge is 0.495 e. The Morgan fingerprint density at radius 3 is 2.48 bits per heavy atom. The highest BCUT2D eigenvalue weighted by Gasteiger charge is 2.36. The molecule has 0 saturated heterocycles. The van der Waals surface area contributed by atoms with Crippen LogP contribution >= 0.6 is 27.5 Å².